The van der Waals surface area contributed by atoms with E-state index in [1.807, 2.05) is 12.1 Å². The first-order valence-electron chi connectivity index (χ1n) is 20.5. The molecule has 11 aromatic rings. The van der Waals surface area contributed by atoms with Crippen molar-refractivity contribution in [2.75, 3.05) is 4.90 Å². The molecule has 2 heteroatoms. The van der Waals surface area contributed by atoms with Crippen LogP contribution in [-0.4, -0.2) is 0 Å². The molecule has 0 fully saturated rings. The third kappa shape index (κ3) is 6.41. The number of hydrogen-bond donors (Lipinski definition) is 0. The van der Waals surface area contributed by atoms with E-state index < -0.39 is 0 Å². The van der Waals surface area contributed by atoms with E-state index in [-0.39, 0.29) is 0 Å². The van der Waals surface area contributed by atoms with Gasteiger partial charge in [-0.3, -0.25) is 0 Å². The van der Waals surface area contributed by atoms with E-state index in [0.717, 1.165) is 55.7 Å². The Kier molecular flexibility index (Phi) is 8.87. The molecule has 2 nitrogen and oxygen atoms in total. The highest BCUT2D eigenvalue weighted by atomic mass is 16.3. The quantitative estimate of drug-likeness (QED) is 0.153. The molecule has 1 heterocycles. The number of fused-ring (bicyclic) bond motifs is 4. The average Bonchev–Trinajstić information content (AvgIpc) is 3.72. The van der Waals surface area contributed by atoms with Gasteiger partial charge in [-0.2, -0.15) is 0 Å². The van der Waals surface area contributed by atoms with Crippen molar-refractivity contribution in [3.8, 4) is 55.6 Å². The lowest BCUT2D eigenvalue weighted by atomic mass is 9.91. The fraction of sp³-hybridized carbons (Fsp3) is 0. The minimum atomic E-state index is 0.898. The summed E-state index contributed by atoms with van der Waals surface area (Å²) in [7, 11) is 0. The van der Waals surface area contributed by atoms with Crippen LogP contribution in [0.5, 0.6) is 0 Å². The molecule has 0 bridgehead atoms. The average molecular weight is 766 g/mol. The van der Waals surface area contributed by atoms with Gasteiger partial charge in [0.15, 0.2) is 0 Å². The van der Waals surface area contributed by atoms with E-state index >= 15 is 0 Å². The number of furan rings is 1. The summed E-state index contributed by atoms with van der Waals surface area (Å²) in [5.74, 6) is 0. The first-order valence-corrected chi connectivity index (χ1v) is 20.5. The summed E-state index contributed by atoms with van der Waals surface area (Å²) in [5, 5.41) is 4.74. The third-order valence-corrected chi connectivity index (χ3v) is 11.7. The number of rotatable bonds is 8. The molecule has 282 valence electrons. The lowest BCUT2D eigenvalue weighted by Crippen LogP contribution is -2.10. The Balaban J connectivity index is 1.02. The number of hydrogen-bond acceptors (Lipinski definition) is 2. The van der Waals surface area contributed by atoms with Gasteiger partial charge in [-0.25, -0.2) is 0 Å². The van der Waals surface area contributed by atoms with Crippen LogP contribution >= 0.6 is 0 Å². The van der Waals surface area contributed by atoms with Crippen LogP contribution in [0.2, 0.25) is 0 Å². The van der Waals surface area contributed by atoms with Crippen LogP contribution in [-0.2, 0) is 0 Å². The smallest absolute Gasteiger partial charge is 0.143 e. The van der Waals surface area contributed by atoms with Crippen LogP contribution < -0.4 is 4.90 Å². The molecular weight excluding hydrogens is 727 g/mol. The van der Waals surface area contributed by atoms with Gasteiger partial charge in [0.2, 0.25) is 0 Å². The van der Waals surface area contributed by atoms with Crippen molar-refractivity contribution >= 4 is 49.8 Å². The van der Waals surface area contributed by atoms with Crippen molar-refractivity contribution in [3.05, 3.63) is 237 Å². The number of nitrogens with zero attached hydrogens (tertiary/aromatic N) is 1. The van der Waals surface area contributed by atoms with Crippen LogP contribution in [0, 0.1) is 0 Å². The molecule has 10 aromatic carbocycles. The summed E-state index contributed by atoms with van der Waals surface area (Å²) in [6, 6.07) is 84.8. The summed E-state index contributed by atoms with van der Waals surface area (Å²) in [6.45, 7) is 0. The van der Waals surface area contributed by atoms with E-state index in [1.54, 1.807) is 0 Å². The molecule has 1 aromatic heterocycles. The van der Waals surface area contributed by atoms with E-state index in [0.29, 0.717) is 0 Å². The van der Waals surface area contributed by atoms with E-state index in [9.17, 15) is 0 Å². The number of para-hydroxylation sites is 2. The minimum absolute atomic E-state index is 0.898. The fourth-order valence-corrected chi connectivity index (χ4v) is 8.75. The third-order valence-electron chi connectivity index (χ3n) is 11.7. The highest BCUT2D eigenvalue weighted by Crippen LogP contribution is 2.42. The first kappa shape index (κ1) is 35.2. The second-order valence-electron chi connectivity index (χ2n) is 15.3. The molecule has 0 aliphatic carbocycles. The molecular formula is C58H39NO. The summed E-state index contributed by atoms with van der Waals surface area (Å²) in [6.07, 6.45) is 0. The van der Waals surface area contributed by atoms with Crippen molar-refractivity contribution in [2.24, 2.45) is 0 Å². The zero-order valence-electron chi connectivity index (χ0n) is 32.9. The van der Waals surface area contributed by atoms with Crippen molar-refractivity contribution in [1.82, 2.24) is 0 Å². The summed E-state index contributed by atoms with van der Waals surface area (Å²) >= 11 is 0. The van der Waals surface area contributed by atoms with Gasteiger partial charge in [-0.05, 0) is 109 Å². The van der Waals surface area contributed by atoms with Gasteiger partial charge in [0.1, 0.15) is 11.2 Å². The topological polar surface area (TPSA) is 16.4 Å². The molecule has 0 atom stereocenters. The highest BCUT2D eigenvalue weighted by molar-refractivity contribution is 6.09. The van der Waals surface area contributed by atoms with Gasteiger partial charge in [-0.15, -0.1) is 0 Å². The zero-order valence-corrected chi connectivity index (χ0v) is 32.9. The summed E-state index contributed by atoms with van der Waals surface area (Å²) in [4.78, 5) is 2.35. The second kappa shape index (κ2) is 15.1. The summed E-state index contributed by atoms with van der Waals surface area (Å²) < 4.78 is 6.50. The number of benzene rings is 10. The molecule has 60 heavy (non-hydrogen) atoms. The SMILES string of the molecule is c1ccc(-c2ccc(-c3ccc(N(c4ccc(-c5cccc6ccccc56)cc4)c4cccc(-c5cccc6c5oc5ccccc56)c4)cc3)cc2-c2ccccc2)cc1. The molecule has 0 radical (unpaired) electrons. The zero-order chi connectivity index (χ0) is 39.8. The predicted octanol–water partition coefficient (Wildman–Crippen LogP) is 16.5. The Labute approximate surface area is 349 Å². The van der Waals surface area contributed by atoms with E-state index in [1.165, 1.54) is 49.7 Å². The van der Waals surface area contributed by atoms with Crippen molar-refractivity contribution in [2.45, 2.75) is 0 Å². The maximum absolute atomic E-state index is 6.50. The molecule has 0 aliphatic heterocycles. The largest absolute Gasteiger partial charge is 0.455 e. The number of anilines is 3. The van der Waals surface area contributed by atoms with Crippen LogP contribution in [0.1, 0.15) is 0 Å². The Morgan fingerprint density at radius 2 is 0.800 bits per heavy atom. The van der Waals surface area contributed by atoms with Crippen LogP contribution in [0.3, 0.4) is 0 Å². The molecule has 11 rings (SSSR count). The van der Waals surface area contributed by atoms with Crippen molar-refractivity contribution in [3.63, 3.8) is 0 Å². The monoisotopic (exact) mass is 765 g/mol. The van der Waals surface area contributed by atoms with Crippen LogP contribution in [0.15, 0.2) is 241 Å². The van der Waals surface area contributed by atoms with Gasteiger partial charge >= 0.3 is 0 Å². The molecule has 0 spiro atoms. The Hall–Kier alpha value is -7.94. The molecule has 0 aliphatic rings. The molecule has 0 amide bonds. The van der Waals surface area contributed by atoms with Crippen LogP contribution in [0.4, 0.5) is 17.1 Å². The first-order chi connectivity index (χ1) is 29.7. The maximum Gasteiger partial charge on any atom is 0.143 e. The lowest BCUT2D eigenvalue weighted by molar-refractivity contribution is 0.670. The van der Waals surface area contributed by atoms with Gasteiger partial charge < -0.3 is 9.32 Å². The second-order valence-corrected chi connectivity index (χ2v) is 15.3. The van der Waals surface area contributed by atoms with Crippen molar-refractivity contribution in [1.29, 1.82) is 0 Å². The van der Waals surface area contributed by atoms with Gasteiger partial charge in [0.25, 0.3) is 0 Å². The Morgan fingerprint density at radius 3 is 1.57 bits per heavy atom. The van der Waals surface area contributed by atoms with Gasteiger partial charge in [-0.1, -0.05) is 188 Å². The molecule has 0 saturated heterocycles. The normalized spacial score (nSPS) is 11.3. The van der Waals surface area contributed by atoms with Gasteiger partial charge in [0.05, 0.1) is 0 Å². The molecule has 0 saturated carbocycles. The predicted molar refractivity (Wildman–Crippen MR) is 253 cm³/mol. The standard InChI is InChI=1S/C58H39NO/c1-3-14-41(15-4-1)52-37-32-45(39-56(52)43-16-5-2-6-17-43)40-28-33-47(34-29-40)59(48-35-30-44(31-36-48)51-24-12-19-42-18-7-8-22-50(42)51)49-21-11-20-46(38-49)53-25-13-26-55-54-23-9-10-27-57(54)60-58(53)55/h1-39H. The van der Waals surface area contributed by atoms with Crippen LogP contribution in [0.25, 0.3) is 88.3 Å². The Bertz CT molecular complexity index is 3290. The molecule has 0 N–H and O–H groups in total. The van der Waals surface area contributed by atoms with E-state index in [2.05, 4.69) is 229 Å². The molecule has 0 unspecified atom stereocenters. The summed E-state index contributed by atoms with van der Waals surface area (Å²) in [5.41, 5.74) is 16.8. The fourth-order valence-electron chi connectivity index (χ4n) is 8.75. The van der Waals surface area contributed by atoms with E-state index in [4.69, 9.17) is 4.42 Å². The lowest BCUT2D eigenvalue weighted by Gasteiger charge is -2.26. The Morgan fingerprint density at radius 1 is 0.267 bits per heavy atom. The van der Waals surface area contributed by atoms with Crippen molar-refractivity contribution < 1.29 is 4.42 Å². The minimum Gasteiger partial charge on any atom is -0.455 e. The maximum atomic E-state index is 6.50. The van der Waals surface area contributed by atoms with Gasteiger partial charge in [0, 0.05) is 33.4 Å². The highest BCUT2D eigenvalue weighted by Gasteiger charge is 2.18.